The normalized spacial score (nSPS) is 19.6. The number of fused-ring (bicyclic) bond motifs is 3. The zero-order chi connectivity index (χ0) is 16.0. The van der Waals surface area contributed by atoms with Crippen LogP contribution in [-0.2, 0) is 5.41 Å². The molecule has 1 atom stereocenters. The molecule has 2 N–H and O–H groups in total. The van der Waals surface area contributed by atoms with Crippen molar-refractivity contribution < 1.29 is 14.9 Å². The maximum absolute atomic E-state index is 10.3. The Labute approximate surface area is 142 Å². The minimum atomic E-state index is -0.622. The molecule has 0 saturated heterocycles. The summed E-state index contributed by atoms with van der Waals surface area (Å²) in [5, 5.41) is 22.0. The van der Waals surface area contributed by atoms with Gasteiger partial charge < -0.3 is 14.9 Å². The predicted octanol–water partition coefficient (Wildman–Crippen LogP) is 3.98. The molecular weight excluding hydrogens is 356 g/mol. The molecule has 0 fully saturated rings. The number of hydrogen-bond donors (Lipinski definition) is 2. The first-order chi connectivity index (χ1) is 11.1. The van der Waals surface area contributed by atoms with Crippen molar-refractivity contribution in [3.8, 4) is 11.5 Å². The Morgan fingerprint density at radius 2 is 1.78 bits per heavy atom. The van der Waals surface area contributed by atoms with E-state index in [-0.39, 0.29) is 12.4 Å². The molecule has 1 unspecified atom stereocenters. The van der Waals surface area contributed by atoms with Crippen molar-refractivity contribution >= 4 is 26.7 Å². The van der Waals surface area contributed by atoms with Gasteiger partial charge in [-0.3, -0.25) is 0 Å². The molecule has 116 valence electrons. The van der Waals surface area contributed by atoms with E-state index in [1.807, 2.05) is 30.3 Å². The number of aliphatic hydroxyl groups is 1. The summed E-state index contributed by atoms with van der Waals surface area (Å²) in [5.74, 6) is 1.01. The average molecular weight is 371 g/mol. The van der Waals surface area contributed by atoms with Gasteiger partial charge in [0.25, 0.3) is 0 Å². The van der Waals surface area contributed by atoms with E-state index in [9.17, 15) is 10.2 Å². The van der Waals surface area contributed by atoms with Crippen LogP contribution in [0.15, 0.2) is 59.1 Å². The molecule has 0 amide bonds. The van der Waals surface area contributed by atoms with Crippen LogP contribution in [0.4, 0.5) is 0 Å². The van der Waals surface area contributed by atoms with Crippen LogP contribution in [0.25, 0.3) is 10.8 Å². The smallest absolute Gasteiger partial charge is 0.124 e. The first-order valence-electron chi connectivity index (χ1n) is 7.40. The Morgan fingerprint density at radius 3 is 2.52 bits per heavy atom. The molecule has 0 aromatic heterocycles. The molecule has 0 radical (unpaired) electrons. The minimum absolute atomic E-state index is 0.0591. The quantitative estimate of drug-likeness (QED) is 0.717. The number of aromatic hydroxyl groups is 1. The van der Waals surface area contributed by atoms with Crippen LogP contribution in [0.5, 0.6) is 11.5 Å². The van der Waals surface area contributed by atoms with E-state index in [4.69, 9.17) is 4.74 Å². The maximum atomic E-state index is 10.3. The lowest BCUT2D eigenvalue weighted by Crippen LogP contribution is -2.34. The SMILES string of the molecule is OCC1(c2ccc(O)cc2)COc2ccc3ccc(Br)cc3c21. The van der Waals surface area contributed by atoms with Crippen molar-refractivity contribution in [1.29, 1.82) is 0 Å². The van der Waals surface area contributed by atoms with Gasteiger partial charge in [-0.25, -0.2) is 0 Å². The molecule has 1 aliphatic rings. The van der Waals surface area contributed by atoms with Crippen LogP contribution in [0.2, 0.25) is 0 Å². The molecule has 0 spiro atoms. The van der Waals surface area contributed by atoms with Crippen LogP contribution < -0.4 is 4.74 Å². The fourth-order valence-electron chi connectivity index (χ4n) is 3.38. The summed E-state index contributed by atoms with van der Waals surface area (Å²) in [7, 11) is 0. The first kappa shape index (κ1) is 14.5. The number of benzene rings is 3. The zero-order valence-electron chi connectivity index (χ0n) is 12.3. The fourth-order valence-corrected chi connectivity index (χ4v) is 3.74. The van der Waals surface area contributed by atoms with Crippen LogP contribution in [-0.4, -0.2) is 23.4 Å². The van der Waals surface area contributed by atoms with Crippen LogP contribution in [0.3, 0.4) is 0 Å². The van der Waals surface area contributed by atoms with Crippen molar-refractivity contribution in [2.75, 3.05) is 13.2 Å². The van der Waals surface area contributed by atoms with E-state index in [0.717, 1.165) is 32.1 Å². The molecule has 4 rings (SSSR count). The molecular formula is C19H15BrO3. The highest BCUT2D eigenvalue weighted by atomic mass is 79.9. The van der Waals surface area contributed by atoms with Gasteiger partial charge in [-0.05, 0) is 46.7 Å². The lowest BCUT2D eigenvalue weighted by molar-refractivity contribution is 0.185. The molecule has 0 saturated carbocycles. The first-order valence-corrected chi connectivity index (χ1v) is 8.19. The highest BCUT2D eigenvalue weighted by Crippen LogP contribution is 2.47. The number of hydrogen-bond acceptors (Lipinski definition) is 3. The summed E-state index contributed by atoms with van der Waals surface area (Å²) in [6, 6.07) is 17.1. The van der Waals surface area contributed by atoms with Crippen molar-refractivity contribution in [2.24, 2.45) is 0 Å². The molecule has 4 heteroatoms. The van der Waals surface area contributed by atoms with Crippen molar-refractivity contribution in [1.82, 2.24) is 0 Å². The Balaban J connectivity index is 2.03. The monoisotopic (exact) mass is 370 g/mol. The van der Waals surface area contributed by atoms with Crippen molar-refractivity contribution in [2.45, 2.75) is 5.41 Å². The number of ether oxygens (including phenoxy) is 1. The van der Waals surface area contributed by atoms with Crippen LogP contribution >= 0.6 is 15.9 Å². The zero-order valence-corrected chi connectivity index (χ0v) is 13.9. The van der Waals surface area contributed by atoms with E-state index in [0.29, 0.717) is 6.61 Å². The Morgan fingerprint density at radius 1 is 1.04 bits per heavy atom. The van der Waals surface area contributed by atoms with E-state index in [1.165, 1.54) is 0 Å². The van der Waals surface area contributed by atoms with Crippen molar-refractivity contribution in [3.63, 3.8) is 0 Å². The Bertz CT molecular complexity index is 889. The van der Waals surface area contributed by atoms with E-state index >= 15 is 0 Å². The number of halogens is 1. The lowest BCUT2D eigenvalue weighted by atomic mass is 9.75. The second kappa shape index (κ2) is 5.25. The third kappa shape index (κ3) is 2.13. The largest absolute Gasteiger partial charge is 0.508 e. The second-order valence-electron chi connectivity index (χ2n) is 5.88. The molecule has 3 nitrogen and oxygen atoms in total. The number of phenolic OH excluding ortho intramolecular Hbond substituents is 1. The molecule has 1 aliphatic heterocycles. The van der Waals surface area contributed by atoms with E-state index < -0.39 is 5.41 Å². The van der Waals surface area contributed by atoms with Gasteiger partial charge in [-0.1, -0.05) is 40.2 Å². The average Bonchev–Trinajstić information content (AvgIpc) is 2.96. The predicted molar refractivity (Wildman–Crippen MR) is 93.1 cm³/mol. The third-order valence-corrected chi connectivity index (χ3v) is 5.08. The molecule has 0 bridgehead atoms. The molecule has 0 aliphatic carbocycles. The highest BCUT2D eigenvalue weighted by molar-refractivity contribution is 9.10. The summed E-state index contributed by atoms with van der Waals surface area (Å²) in [5.41, 5.74) is 1.32. The highest BCUT2D eigenvalue weighted by Gasteiger charge is 2.43. The third-order valence-electron chi connectivity index (χ3n) is 4.59. The number of aliphatic hydroxyl groups excluding tert-OH is 1. The van der Waals surface area contributed by atoms with E-state index in [2.05, 4.69) is 28.1 Å². The second-order valence-corrected chi connectivity index (χ2v) is 6.80. The van der Waals surface area contributed by atoms with Crippen LogP contribution in [0.1, 0.15) is 11.1 Å². The van der Waals surface area contributed by atoms with Crippen molar-refractivity contribution in [3.05, 3.63) is 70.2 Å². The summed E-state index contributed by atoms with van der Waals surface area (Å²) in [6.07, 6.45) is 0. The summed E-state index contributed by atoms with van der Waals surface area (Å²) in [4.78, 5) is 0. The van der Waals surface area contributed by atoms with Gasteiger partial charge in [-0.15, -0.1) is 0 Å². The van der Waals surface area contributed by atoms with Gasteiger partial charge in [0.05, 0.1) is 12.0 Å². The number of phenols is 1. The molecule has 1 heterocycles. The fraction of sp³-hybridized carbons (Fsp3) is 0.158. The standard InChI is InChI=1S/C19H15BrO3/c20-14-5-1-12-2-8-17-18(16(12)9-14)19(10-21,11-23-17)13-3-6-15(22)7-4-13/h1-9,21-22H,10-11H2. The molecule has 3 aromatic carbocycles. The number of rotatable bonds is 2. The summed E-state index contributed by atoms with van der Waals surface area (Å²) in [6.45, 7) is 0.325. The maximum Gasteiger partial charge on any atom is 0.124 e. The molecule has 3 aromatic rings. The van der Waals surface area contributed by atoms with Gasteiger partial charge in [0.1, 0.15) is 18.1 Å². The lowest BCUT2D eigenvalue weighted by Gasteiger charge is -2.27. The van der Waals surface area contributed by atoms with Gasteiger partial charge >= 0.3 is 0 Å². The van der Waals surface area contributed by atoms with Gasteiger partial charge in [-0.2, -0.15) is 0 Å². The van der Waals surface area contributed by atoms with Gasteiger partial charge in [0.15, 0.2) is 0 Å². The summed E-state index contributed by atoms with van der Waals surface area (Å²) < 4.78 is 6.89. The van der Waals surface area contributed by atoms with Crippen LogP contribution in [0, 0.1) is 0 Å². The summed E-state index contributed by atoms with van der Waals surface area (Å²) >= 11 is 3.53. The van der Waals surface area contributed by atoms with Gasteiger partial charge in [0, 0.05) is 10.0 Å². The van der Waals surface area contributed by atoms with Gasteiger partial charge in [0.2, 0.25) is 0 Å². The molecule has 23 heavy (non-hydrogen) atoms. The van der Waals surface area contributed by atoms with E-state index in [1.54, 1.807) is 12.1 Å². The Hall–Kier alpha value is -2.04. The topological polar surface area (TPSA) is 49.7 Å². The minimum Gasteiger partial charge on any atom is -0.508 e. The Kier molecular flexibility index (Phi) is 3.32.